The number of halogens is 1. The zero-order valence-corrected chi connectivity index (χ0v) is 12.8. The molecule has 0 spiro atoms. The highest BCUT2D eigenvalue weighted by Crippen LogP contribution is 2.25. The molecule has 0 saturated heterocycles. The van der Waals surface area contributed by atoms with E-state index in [0.29, 0.717) is 0 Å². The Bertz CT molecular complexity index is 606. The number of nitro groups is 1. The summed E-state index contributed by atoms with van der Waals surface area (Å²) in [4.78, 5) is 34.0. The van der Waals surface area contributed by atoms with Gasteiger partial charge in [0, 0.05) is 11.1 Å². The normalized spacial score (nSPS) is 9.77. The number of hydrogen-bond acceptors (Lipinski definition) is 6. The van der Waals surface area contributed by atoms with Gasteiger partial charge in [0.2, 0.25) is 0 Å². The van der Waals surface area contributed by atoms with Crippen molar-refractivity contribution < 1.29 is 24.0 Å². The van der Waals surface area contributed by atoms with Gasteiger partial charge in [-0.05, 0) is 32.1 Å². The number of nitrogens with zero attached hydrogens (tertiary/aromatic N) is 1. The number of carbonyl (C=O) groups excluding carboxylic acids is 2. The van der Waals surface area contributed by atoms with Gasteiger partial charge in [0.1, 0.15) is 5.57 Å². The molecule has 0 N–H and O–H groups in total. The van der Waals surface area contributed by atoms with Crippen molar-refractivity contribution in [2.75, 3.05) is 13.2 Å². The first-order valence-corrected chi connectivity index (χ1v) is 6.78. The van der Waals surface area contributed by atoms with Gasteiger partial charge in [-0.2, -0.15) is 0 Å². The summed E-state index contributed by atoms with van der Waals surface area (Å²) in [5.41, 5.74) is -0.724. The Morgan fingerprint density at radius 3 is 2.23 bits per heavy atom. The van der Waals surface area contributed by atoms with E-state index in [1.165, 1.54) is 18.2 Å². The summed E-state index contributed by atoms with van der Waals surface area (Å²) in [6, 6.07) is 3.80. The predicted octanol–water partition coefficient (Wildman–Crippen LogP) is 2.76. The predicted molar refractivity (Wildman–Crippen MR) is 79.3 cm³/mol. The lowest BCUT2D eigenvalue weighted by molar-refractivity contribution is -0.385. The molecule has 0 amide bonds. The average molecular weight is 328 g/mol. The van der Waals surface area contributed by atoms with Crippen molar-refractivity contribution in [1.82, 2.24) is 0 Å². The number of carbonyl (C=O) groups is 2. The van der Waals surface area contributed by atoms with E-state index in [2.05, 4.69) is 0 Å². The summed E-state index contributed by atoms with van der Waals surface area (Å²) in [6.07, 6.45) is 1.04. The Morgan fingerprint density at radius 1 is 1.23 bits per heavy atom. The molecule has 0 unspecified atom stereocenters. The number of rotatable bonds is 6. The third kappa shape index (κ3) is 4.56. The molecule has 0 aliphatic carbocycles. The summed E-state index contributed by atoms with van der Waals surface area (Å²) in [5, 5.41) is 11.2. The first-order valence-electron chi connectivity index (χ1n) is 6.40. The number of ether oxygens (including phenoxy) is 2. The number of nitro benzene ring substituents is 1. The molecular weight excluding hydrogens is 314 g/mol. The largest absolute Gasteiger partial charge is 0.462 e. The molecule has 0 aliphatic rings. The Kier molecular flexibility index (Phi) is 6.52. The van der Waals surface area contributed by atoms with E-state index in [4.69, 9.17) is 21.1 Å². The number of esters is 2. The Morgan fingerprint density at radius 2 is 1.77 bits per heavy atom. The van der Waals surface area contributed by atoms with Crippen LogP contribution in [0.1, 0.15) is 19.4 Å². The summed E-state index contributed by atoms with van der Waals surface area (Å²) in [7, 11) is 0. The molecule has 0 heterocycles. The van der Waals surface area contributed by atoms with Crippen molar-refractivity contribution in [1.29, 1.82) is 0 Å². The Hall–Kier alpha value is -2.41. The van der Waals surface area contributed by atoms with E-state index in [-0.39, 0.29) is 29.5 Å². The second-order valence-corrected chi connectivity index (χ2v) is 4.40. The van der Waals surface area contributed by atoms with Crippen LogP contribution in [0.15, 0.2) is 23.8 Å². The zero-order valence-electron chi connectivity index (χ0n) is 12.0. The molecular formula is C14H14ClNO6. The zero-order chi connectivity index (χ0) is 16.7. The third-order valence-corrected chi connectivity index (χ3v) is 2.71. The van der Waals surface area contributed by atoms with E-state index in [1.807, 2.05) is 0 Å². The van der Waals surface area contributed by atoms with Crippen molar-refractivity contribution in [3.63, 3.8) is 0 Å². The highest BCUT2D eigenvalue weighted by molar-refractivity contribution is 6.30. The quantitative estimate of drug-likeness (QED) is 0.199. The molecule has 22 heavy (non-hydrogen) atoms. The van der Waals surface area contributed by atoms with Gasteiger partial charge in [-0.15, -0.1) is 0 Å². The second-order valence-electron chi connectivity index (χ2n) is 3.96. The van der Waals surface area contributed by atoms with Crippen LogP contribution in [0.3, 0.4) is 0 Å². The molecule has 0 atom stereocenters. The fourth-order valence-corrected chi connectivity index (χ4v) is 1.76. The smallest absolute Gasteiger partial charge is 0.345 e. The van der Waals surface area contributed by atoms with E-state index in [9.17, 15) is 19.7 Å². The maximum Gasteiger partial charge on any atom is 0.345 e. The monoisotopic (exact) mass is 327 g/mol. The van der Waals surface area contributed by atoms with Crippen LogP contribution in [0.5, 0.6) is 0 Å². The van der Waals surface area contributed by atoms with Crippen LogP contribution in [-0.2, 0) is 19.1 Å². The lowest BCUT2D eigenvalue weighted by atomic mass is 10.1. The molecule has 0 aromatic heterocycles. The van der Waals surface area contributed by atoms with Crippen LogP contribution < -0.4 is 0 Å². The van der Waals surface area contributed by atoms with Crippen LogP contribution in [0.4, 0.5) is 5.69 Å². The molecule has 1 rings (SSSR count). The number of hydrogen-bond donors (Lipinski definition) is 0. The second kappa shape index (κ2) is 8.14. The van der Waals surface area contributed by atoms with Crippen molar-refractivity contribution in [2.24, 2.45) is 0 Å². The van der Waals surface area contributed by atoms with Crippen LogP contribution >= 0.6 is 11.6 Å². The van der Waals surface area contributed by atoms with Gasteiger partial charge in [0.15, 0.2) is 0 Å². The maximum absolute atomic E-state index is 11.8. The maximum atomic E-state index is 11.8. The minimum Gasteiger partial charge on any atom is -0.462 e. The minimum absolute atomic E-state index is 0.00797. The molecule has 1 aromatic rings. The molecule has 0 aliphatic heterocycles. The average Bonchev–Trinajstić information content (AvgIpc) is 2.44. The van der Waals surface area contributed by atoms with Gasteiger partial charge >= 0.3 is 11.9 Å². The fourth-order valence-electron chi connectivity index (χ4n) is 1.58. The van der Waals surface area contributed by atoms with Crippen molar-refractivity contribution in [3.05, 3.63) is 44.5 Å². The molecule has 0 bridgehead atoms. The molecule has 8 heteroatoms. The summed E-state index contributed by atoms with van der Waals surface area (Å²) in [5.74, 6) is -1.84. The van der Waals surface area contributed by atoms with Gasteiger partial charge in [-0.1, -0.05) is 11.6 Å². The molecule has 118 valence electrons. The standard InChI is InChI=1S/C14H14ClNO6/c1-3-21-13(17)11(14(18)22-4-2)8-9-7-10(15)5-6-12(9)16(19)20/h5-8H,3-4H2,1-2H3. The van der Waals surface area contributed by atoms with Crippen LogP contribution in [0.25, 0.3) is 6.08 Å². The van der Waals surface area contributed by atoms with Crippen LogP contribution in [-0.4, -0.2) is 30.1 Å². The SMILES string of the molecule is CCOC(=O)C(=Cc1cc(Cl)ccc1[N+](=O)[O-])C(=O)OCC. The minimum atomic E-state index is -0.921. The van der Waals surface area contributed by atoms with Crippen molar-refractivity contribution in [2.45, 2.75) is 13.8 Å². The molecule has 7 nitrogen and oxygen atoms in total. The van der Waals surface area contributed by atoms with Crippen LogP contribution in [0.2, 0.25) is 5.02 Å². The fraction of sp³-hybridized carbons (Fsp3) is 0.286. The topological polar surface area (TPSA) is 95.7 Å². The van der Waals surface area contributed by atoms with Gasteiger partial charge < -0.3 is 9.47 Å². The Balaban J connectivity index is 3.38. The van der Waals surface area contributed by atoms with Gasteiger partial charge in [0.25, 0.3) is 5.69 Å². The van der Waals surface area contributed by atoms with E-state index in [0.717, 1.165) is 6.08 Å². The van der Waals surface area contributed by atoms with Crippen molar-refractivity contribution in [3.8, 4) is 0 Å². The number of benzene rings is 1. The van der Waals surface area contributed by atoms with E-state index >= 15 is 0 Å². The third-order valence-electron chi connectivity index (χ3n) is 2.48. The van der Waals surface area contributed by atoms with Crippen LogP contribution in [0, 0.1) is 10.1 Å². The van der Waals surface area contributed by atoms with E-state index in [1.54, 1.807) is 13.8 Å². The first-order chi connectivity index (χ1) is 10.4. The van der Waals surface area contributed by atoms with Gasteiger partial charge in [-0.25, -0.2) is 9.59 Å². The lowest BCUT2D eigenvalue weighted by Crippen LogP contribution is -2.18. The summed E-state index contributed by atoms with van der Waals surface area (Å²) < 4.78 is 9.53. The molecule has 0 saturated carbocycles. The molecule has 1 aromatic carbocycles. The molecule has 0 fully saturated rings. The summed E-state index contributed by atoms with van der Waals surface area (Å²) in [6.45, 7) is 3.24. The highest BCUT2D eigenvalue weighted by atomic mass is 35.5. The molecule has 0 radical (unpaired) electrons. The Labute approximate surface area is 131 Å². The summed E-state index contributed by atoms with van der Waals surface area (Å²) >= 11 is 5.80. The first kappa shape index (κ1) is 17.6. The lowest BCUT2D eigenvalue weighted by Gasteiger charge is -2.07. The van der Waals surface area contributed by atoms with Gasteiger partial charge in [0.05, 0.1) is 23.7 Å². The van der Waals surface area contributed by atoms with Crippen molar-refractivity contribution >= 4 is 35.3 Å². The van der Waals surface area contributed by atoms with E-state index < -0.39 is 22.4 Å². The highest BCUT2D eigenvalue weighted by Gasteiger charge is 2.23. The van der Waals surface area contributed by atoms with Gasteiger partial charge in [-0.3, -0.25) is 10.1 Å².